The fourth-order valence-electron chi connectivity index (χ4n) is 8.04. The molecule has 0 radical (unpaired) electrons. The number of fused-ring (bicyclic) bond motifs is 1. The molecule has 3 amide bonds. The minimum absolute atomic E-state index is 0.0996. The van der Waals surface area contributed by atoms with Crippen molar-refractivity contribution in [3.05, 3.63) is 133 Å². The van der Waals surface area contributed by atoms with Crippen LogP contribution in [-0.4, -0.2) is 76.1 Å². The van der Waals surface area contributed by atoms with Gasteiger partial charge in [-0.25, -0.2) is 0 Å². The van der Waals surface area contributed by atoms with Gasteiger partial charge in [0.2, 0.25) is 17.7 Å². The molecule has 0 aliphatic carbocycles. The molecule has 10 heteroatoms. The molecule has 7 atom stereocenters. The summed E-state index contributed by atoms with van der Waals surface area (Å²) in [5.74, 6) is -3.46. The van der Waals surface area contributed by atoms with Gasteiger partial charge in [0.05, 0.1) is 36.6 Å². The molecule has 0 aromatic heterocycles. The summed E-state index contributed by atoms with van der Waals surface area (Å²) in [6.45, 7) is 7.51. The van der Waals surface area contributed by atoms with E-state index >= 15 is 0 Å². The molecule has 10 nitrogen and oxygen atoms in total. The van der Waals surface area contributed by atoms with Gasteiger partial charge in [0.1, 0.15) is 18.2 Å². The Morgan fingerprint density at radius 2 is 1.63 bits per heavy atom. The van der Waals surface area contributed by atoms with Crippen LogP contribution in [0.2, 0.25) is 0 Å². The Labute approximate surface area is 298 Å². The molecule has 3 fully saturated rings. The van der Waals surface area contributed by atoms with Crippen molar-refractivity contribution < 1.29 is 33.8 Å². The van der Waals surface area contributed by atoms with Crippen molar-refractivity contribution in [3.8, 4) is 0 Å². The zero-order valence-electron chi connectivity index (χ0n) is 28.6. The van der Waals surface area contributed by atoms with Crippen molar-refractivity contribution in [1.29, 1.82) is 0 Å². The lowest BCUT2D eigenvalue weighted by Gasteiger charge is -2.39. The number of nitrogens with zero attached hydrogens (tertiary/aromatic N) is 2. The van der Waals surface area contributed by atoms with E-state index in [1.165, 1.54) is 4.90 Å². The van der Waals surface area contributed by atoms with E-state index in [0.29, 0.717) is 24.8 Å². The Kier molecular flexibility index (Phi) is 11.1. The van der Waals surface area contributed by atoms with E-state index in [1.54, 1.807) is 17.1 Å². The summed E-state index contributed by atoms with van der Waals surface area (Å²) in [7, 11) is 0. The molecule has 266 valence electrons. The predicted molar refractivity (Wildman–Crippen MR) is 190 cm³/mol. The van der Waals surface area contributed by atoms with Gasteiger partial charge in [0.15, 0.2) is 0 Å². The molecule has 0 saturated carbocycles. The van der Waals surface area contributed by atoms with Gasteiger partial charge in [0, 0.05) is 19.5 Å². The van der Waals surface area contributed by atoms with Gasteiger partial charge in [-0.3, -0.25) is 19.2 Å². The van der Waals surface area contributed by atoms with Gasteiger partial charge >= 0.3 is 5.97 Å². The number of ether oxygens (including phenoxy) is 2. The van der Waals surface area contributed by atoms with Crippen LogP contribution in [0.25, 0.3) is 0 Å². The van der Waals surface area contributed by atoms with E-state index in [-0.39, 0.29) is 32.0 Å². The maximum atomic E-state index is 14.9. The summed E-state index contributed by atoms with van der Waals surface area (Å²) in [6, 6.07) is 25.2. The number of allylic oxidation sites excluding steroid dienone is 1. The van der Waals surface area contributed by atoms with Gasteiger partial charge in [0.25, 0.3) is 0 Å². The van der Waals surface area contributed by atoms with Crippen LogP contribution in [0.15, 0.2) is 116 Å². The van der Waals surface area contributed by atoms with Crippen molar-refractivity contribution in [1.82, 2.24) is 15.1 Å². The van der Waals surface area contributed by atoms with E-state index in [4.69, 9.17) is 9.47 Å². The number of carbonyl (C=O) groups is 4. The molecule has 3 aromatic rings. The molecule has 2 N–H and O–H groups in total. The van der Waals surface area contributed by atoms with Crippen LogP contribution in [0.3, 0.4) is 0 Å². The van der Waals surface area contributed by atoms with Crippen molar-refractivity contribution in [3.63, 3.8) is 0 Å². The summed E-state index contributed by atoms with van der Waals surface area (Å²) in [5, 5.41) is 13.9. The third-order valence-corrected chi connectivity index (χ3v) is 10.3. The zero-order valence-corrected chi connectivity index (χ0v) is 28.6. The lowest BCUT2D eigenvalue weighted by atomic mass is 9.70. The van der Waals surface area contributed by atoms with Crippen molar-refractivity contribution >= 4 is 23.7 Å². The van der Waals surface area contributed by atoms with Crippen LogP contribution in [-0.2, 0) is 35.2 Å². The highest BCUT2D eigenvalue weighted by Gasteiger charge is 2.75. The minimum Gasteiger partial charge on any atom is -0.463 e. The highest BCUT2D eigenvalue weighted by molar-refractivity contribution is 5.99. The Bertz CT molecular complexity index is 1720. The number of likely N-dealkylation sites (tertiary alicyclic amines) is 1. The van der Waals surface area contributed by atoms with Gasteiger partial charge in [-0.1, -0.05) is 103 Å². The van der Waals surface area contributed by atoms with Crippen LogP contribution in [0.5, 0.6) is 0 Å². The Morgan fingerprint density at radius 1 is 0.980 bits per heavy atom. The third kappa shape index (κ3) is 7.11. The number of nitrogens with one attached hydrogen (secondary N) is 1. The molecular weight excluding hydrogens is 646 g/mol. The number of benzene rings is 3. The molecule has 1 spiro atoms. The standard InChI is InChI=1S/C41H45N3O7/c1-3-5-21-34(46)50-27-31(29-17-11-7-12-18-29)42-38(47)35-33-22-23-41(51-33)36(35)39(48)44(32(26-45)30-19-13-8-14-20-30)37(41)40(49)43(24-4-2)25-28-15-9-6-10-16-28/h3-4,6-20,31-33,35-37,45H,1-2,5,21-27H2,(H,42,47)/t31-,32+,33+,35-,36-,37+,41-/m0/s1. The lowest BCUT2D eigenvalue weighted by Crippen LogP contribution is -2.57. The highest BCUT2D eigenvalue weighted by Crippen LogP contribution is 2.60. The molecular formula is C41H45N3O7. The quantitative estimate of drug-likeness (QED) is 0.165. The fraction of sp³-hybridized carbons (Fsp3) is 0.366. The monoisotopic (exact) mass is 691 g/mol. The number of hydrogen-bond acceptors (Lipinski definition) is 7. The second kappa shape index (κ2) is 15.9. The Hall–Kier alpha value is -5.06. The van der Waals surface area contributed by atoms with Crippen LogP contribution >= 0.6 is 0 Å². The maximum absolute atomic E-state index is 14.9. The molecule has 3 aliphatic rings. The van der Waals surface area contributed by atoms with Gasteiger partial charge < -0.3 is 29.7 Å². The number of amides is 3. The number of esters is 1. The highest BCUT2D eigenvalue weighted by atomic mass is 16.5. The van der Waals surface area contributed by atoms with Crippen molar-refractivity contribution in [2.75, 3.05) is 19.8 Å². The van der Waals surface area contributed by atoms with Gasteiger partial charge in [-0.2, -0.15) is 0 Å². The summed E-state index contributed by atoms with van der Waals surface area (Å²) in [4.78, 5) is 59.7. The summed E-state index contributed by atoms with van der Waals surface area (Å²) in [5.41, 5.74) is 1.02. The van der Waals surface area contributed by atoms with Crippen LogP contribution in [0.1, 0.15) is 54.5 Å². The average molecular weight is 692 g/mol. The largest absolute Gasteiger partial charge is 0.463 e. The molecule has 3 aromatic carbocycles. The van der Waals surface area contributed by atoms with Crippen LogP contribution in [0, 0.1) is 11.8 Å². The van der Waals surface area contributed by atoms with Crippen LogP contribution < -0.4 is 5.32 Å². The van der Waals surface area contributed by atoms with E-state index in [1.807, 2.05) is 91.0 Å². The van der Waals surface area contributed by atoms with E-state index in [9.17, 15) is 24.3 Å². The predicted octanol–water partition coefficient (Wildman–Crippen LogP) is 4.68. The van der Waals surface area contributed by atoms with E-state index < -0.39 is 66.1 Å². The first kappa shape index (κ1) is 35.8. The number of aliphatic hydroxyl groups excluding tert-OH is 1. The van der Waals surface area contributed by atoms with Gasteiger partial charge in [-0.15, -0.1) is 13.2 Å². The first-order valence-electron chi connectivity index (χ1n) is 17.5. The first-order valence-corrected chi connectivity index (χ1v) is 17.5. The summed E-state index contributed by atoms with van der Waals surface area (Å²) in [6.07, 6.45) is 4.19. The first-order chi connectivity index (χ1) is 24.8. The molecule has 3 heterocycles. The molecule has 6 rings (SSSR count). The van der Waals surface area contributed by atoms with Crippen LogP contribution in [0.4, 0.5) is 0 Å². The second-order valence-electron chi connectivity index (χ2n) is 13.4. The molecule has 51 heavy (non-hydrogen) atoms. The summed E-state index contributed by atoms with van der Waals surface area (Å²) < 4.78 is 12.3. The smallest absolute Gasteiger partial charge is 0.306 e. The maximum Gasteiger partial charge on any atom is 0.306 e. The number of rotatable bonds is 16. The SMILES string of the molecule is C=CCCC(=O)OC[C@H](NC(=O)[C@@H]1[C@H]2C(=O)N([C@H](CO)c3ccccc3)[C@H](C(=O)N(CC=C)Cc3ccccc3)[C@]23CC[C@H]1O3)c1ccccc1. The minimum atomic E-state index is -1.29. The molecule has 0 unspecified atom stereocenters. The molecule has 3 saturated heterocycles. The average Bonchev–Trinajstić information content (AvgIpc) is 3.81. The normalized spacial score (nSPS) is 24.3. The summed E-state index contributed by atoms with van der Waals surface area (Å²) >= 11 is 0. The Balaban J connectivity index is 1.35. The zero-order chi connectivity index (χ0) is 36.0. The number of aliphatic hydroxyl groups is 1. The lowest BCUT2D eigenvalue weighted by molar-refractivity contribution is -0.151. The van der Waals surface area contributed by atoms with Crippen molar-refractivity contribution in [2.45, 2.75) is 62.1 Å². The molecule has 2 bridgehead atoms. The third-order valence-electron chi connectivity index (χ3n) is 10.3. The van der Waals surface area contributed by atoms with Crippen molar-refractivity contribution in [2.24, 2.45) is 11.8 Å². The number of hydrogen-bond donors (Lipinski definition) is 2. The van der Waals surface area contributed by atoms with Gasteiger partial charge in [-0.05, 0) is 36.0 Å². The fourth-order valence-corrected chi connectivity index (χ4v) is 8.04. The number of carbonyl (C=O) groups excluding carboxylic acids is 4. The Morgan fingerprint density at radius 3 is 2.25 bits per heavy atom. The molecule has 3 aliphatic heterocycles. The topological polar surface area (TPSA) is 125 Å². The van der Waals surface area contributed by atoms with E-state index in [0.717, 1.165) is 11.1 Å². The van der Waals surface area contributed by atoms with E-state index in [2.05, 4.69) is 18.5 Å². The second-order valence-corrected chi connectivity index (χ2v) is 13.4.